The molecule has 2 aliphatic carbocycles. The highest BCUT2D eigenvalue weighted by Gasteiger charge is 2.54. The van der Waals surface area contributed by atoms with E-state index in [1.54, 1.807) is 10.9 Å². The van der Waals surface area contributed by atoms with Gasteiger partial charge in [-0.1, -0.05) is 38.5 Å². The van der Waals surface area contributed by atoms with Crippen molar-refractivity contribution in [1.29, 1.82) is 0 Å². The highest BCUT2D eigenvalue weighted by molar-refractivity contribution is 7.45. The molecular weight excluding hydrogens is 559 g/mol. The van der Waals surface area contributed by atoms with Crippen molar-refractivity contribution in [3.8, 4) is 5.75 Å². The van der Waals surface area contributed by atoms with E-state index < -0.39 is 19.6 Å². The van der Waals surface area contributed by atoms with Crippen molar-refractivity contribution in [1.82, 2.24) is 24.6 Å². The predicted molar refractivity (Wildman–Crippen MR) is 160 cm³/mol. The zero-order valence-electron chi connectivity index (χ0n) is 24.7. The molecule has 2 saturated carbocycles. The third-order valence-corrected chi connectivity index (χ3v) is 9.16. The number of anilines is 1. The molecule has 1 aliphatic heterocycles. The van der Waals surface area contributed by atoms with Gasteiger partial charge in [-0.25, -0.2) is 10.1 Å². The lowest BCUT2D eigenvalue weighted by molar-refractivity contribution is -0.152. The van der Waals surface area contributed by atoms with Crippen LogP contribution in [0.1, 0.15) is 77.5 Å². The fourth-order valence-electron chi connectivity index (χ4n) is 5.35. The van der Waals surface area contributed by atoms with E-state index >= 15 is 0 Å². The molecule has 3 aliphatic rings. The van der Waals surface area contributed by atoms with Crippen molar-refractivity contribution in [3.05, 3.63) is 46.5 Å². The minimum absolute atomic E-state index is 0.00179. The van der Waals surface area contributed by atoms with E-state index in [2.05, 4.69) is 27.0 Å². The van der Waals surface area contributed by atoms with Gasteiger partial charge in [0.15, 0.2) is 11.2 Å². The standard InChI is InChI=1S/C27H35N6O6P.C2H6/c1-16-7-9-19(10-8-16)39-40(32-27(11-12-27)25(35)38-18-5-3-4-6-18)36-14-20-13-17(2)24(37-20)33-15-29-21-22(33)30-26(28)31-23(21)34;1-2/h7-10,15,17-18,20,24,32H,3-6,11-14H2,1-2H3,(H3,28,30,31,34);1-2H3. The summed E-state index contributed by atoms with van der Waals surface area (Å²) in [6, 6.07) is 7.72. The Morgan fingerprint density at radius 1 is 1.24 bits per heavy atom. The monoisotopic (exact) mass is 600 g/mol. The smallest absolute Gasteiger partial charge is 0.327 e. The second-order valence-corrected chi connectivity index (χ2v) is 12.3. The van der Waals surface area contributed by atoms with Crippen molar-refractivity contribution in [3.63, 3.8) is 0 Å². The van der Waals surface area contributed by atoms with Crippen LogP contribution in [0.4, 0.5) is 5.95 Å². The number of aromatic nitrogens is 4. The molecule has 42 heavy (non-hydrogen) atoms. The van der Waals surface area contributed by atoms with Gasteiger partial charge in [-0.3, -0.25) is 19.1 Å². The number of imidazole rings is 1. The number of aromatic amines is 1. The molecule has 13 heteroatoms. The number of nitrogen functional groups attached to an aromatic ring is 1. The molecule has 0 bridgehead atoms. The first-order chi connectivity index (χ1) is 20.3. The van der Waals surface area contributed by atoms with E-state index in [0.29, 0.717) is 30.7 Å². The Balaban J connectivity index is 0.00000173. The Kier molecular flexibility index (Phi) is 9.47. The van der Waals surface area contributed by atoms with E-state index in [1.807, 2.05) is 45.0 Å². The third kappa shape index (κ3) is 6.78. The number of hydrogen-bond acceptors (Lipinski definition) is 10. The number of H-pyrrole nitrogens is 1. The molecule has 4 unspecified atom stereocenters. The Hall–Kier alpha value is -3.05. The number of hydrogen-bond donors (Lipinski definition) is 3. The molecule has 0 amide bonds. The summed E-state index contributed by atoms with van der Waals surface area (Å²) < 4.78 is 26.4. The molecule has 1 saturated heterocycles. The summed E-state index contributed by atoms with van der Waals surface area (Å²) in [5.74, 6) is 0.556. The van der Waals surface area contributed by atoms with Crippen molar-refractivity contribution >= 4 is 31.6 Å². The molecule has 3 aromatic rings. The third-order valence-electron chi connectivity index (χ3n) is 7.79. The van der Waals surface area contributed by atoms with E-state index in [4.69, 9.17) is 24.3 Å². The number of aryl methyl sites for hydroxylation is 1. The summed E-state index contributed by atoms with van der Waals surface area (Å²) in [7, 11) is -1.67. The lowest BCUT2D eigenvalue weighted by Gasteiger charge is -2.25. The van der Waals surface area contributed by atoms with Crippen LogP contribution in [0.2, 0.25) is 0 Å². The van der Waals surface area contributed by atoms with Crippen LogP contribution in [0.5, 0.6) is 5.75 Å². The number of nitrogens with zero attached hydrogens (tertiary/aromatic N) is 3. The van der Waals surface area contributed by atoms with Gasteiger partial charge in [0.1, 0.15) is 23.6 Å². The molecule has 228 valence electrons. The maximum atomic E-state index is 13.1. The van der Waals surface area contributed by atoms with Crippen LogP contribution in [0.25, 0.3) is 11.2 Å². The molecule has 3 fully saturated rings. The maximum Gasteiger partial charge on any atom is 0.327 e. The lowest BCUT2D eigenvalue weighted by atomic mass is 10.1. The highest BCUT2D eigenvalue weighted by Crippen LogP contribution is 2.48. The van der Waals surface area contributed by atoms with E-state index in [-0.39, 0.29) is 48.4 Å². The van der Waals surface area contributed by atoms with Crippen LogP contribution >= 0.6 is 8.53 Å². The minimum Gasteiger partial charge on any atom is -0.461 e. The topological polar surface area (TPSA) is 156 Å². The normalized spacial score (nSPS) is 23.8. The van der Waals surface area contributed by atoms with Gasteiger partial charge in [0, 0.05) is 5.92 Å². The number of carbonyl (C=O) groups is 1. The number of nitrogens with one attached hydrogen (secondary N) is 2. The van der Waals surface area contributed by atoms with Gasteiger partial charge in [0.05, 0.1) is 19.0 Å². The average Bonchev–Trinajstić information content (AvgIpc) is 3.27. The van der Waals surface area contributed by atoms with Crippen LogP contribution < -0.4 is 20.9 Å². The summed E-state index contributed by atoms with van der Waals surface area (Å²) in [5.41, 5.74) is 6.31. The first kappa shape index (κ1) is 30.4. The van der Waals surface area contributed by atoms with Gasteiger partial charge in [-0.15, -0.1) is 0 Å². The first-order valence-corrected chi connectivity index (χ1v) is 16.0. The Morgan fingerprint density at radius 3 is 2.64 bits per heavy atom. The zero-order valence-corrected chi connectivity index (χ0v) is 25.6. The molecule has 3 heterocycles. The molecule has 4 N–H and O–H groups in total. The molecule has 6 rings (SSSR count). The average molecular weight is 601 g/mol. The minimum atomic E-state index is -1.67. The zero-order chi connectivity index (χ0) is 29.9. The SMILES string of the molecule is CC.Cc1ccc(OP(NC2(C(=O)OC3CCCC3)CC2)OCC2CC(C)C(n3cnc4c(=O)[nH]c(N)nc43)O2)cc1. The van der Waals surface area contributed by atoms with Gasteiger partial charge in [0.2, 0.25) is 5.95 Å². The van der Waals surface area contributed by atoms with Crippen molar-refractivity contribution in [2.75, 3.05) is 12.3 Å². The number of rotatable bonds is 10. The van der Waals surface area contributed by atoms with Crippen LogP contribution in [-0.4, -0.2) is 49.8 Å². The number of nitrogens with two attached hydrogens (primary N) is 1. The van der Waals surface area contributed by atoms with Gasteiger partial charge in [-0.05, 0) is 64.0 Å². The fraction of sp³-hybridized carbons (Fsp3) is 0.586. The summed E-state index contributed by atoms with van der Waals surface area (Å²) in [4.78, 5) is 36.3. The number of ether oxygens (including phenoxy) is 2. The van der Waals surface area contributed by atoms with Gasteiger partial charge >= 0.3 is 14.5 Å². The molecular formula is C29H41N6O6P. The molecule has 0 radical (unpaired) electrons. The van der Waals surface area contributed by atoms with Gasteiger partial charge in [-0.2, -0.15) is 4.98 Å². The van der Waals surface area contributed by atoms with Gasteiger partial charge in [0.25, 0.3) is 5.56 Å². The van der Waals surface area contributed by atoms with E-state index in [0.717, 1.165) is 31.2 Å². The Morgan fingerprint density at radius 2 is 1.95 bits per heavy atom. The van der Waals surface area contributed by atoms with Crippen LogP contribution in [-0.2, 0) is 18.8 Å². The van der Waals surface area contributed by atoms with Crippen LogP contribution in [0.15, 0.2) is 35.4 Å². The lowest BCUT2D eigenvalue weighted by Crippen LogP contribution is -2.40. The second kappa shape index (κ2) is 13.1. The Labute approximate surface area is 246 Å². The predicted octanol–water partition coefficient (Wildman–Crippen LogP) is 4.89. The van der Waals surface area contributed by atoms with Crippen LogP contribution in [0.3, 0.4) is 0 Å². The maximum absolute atomic E-state index is 13.1. The second-order valence-electron chi connectivity index (χ2n) is 11.1. The van der Waals surface area contributed by atoms with Crippen molar-refractivity contribution in [2.45, 2.75) is 96.6 Å². The molecule has 0 spiro atoms. The van der Waals surface area contributed by atoms with Gasteiger partial charge < -0.3 is 24.3 Å². The number of fused-ring (bicyclic) bond motifs is 1. The number of carbonyl (C=O) groups excluding carboxylic acids is 1. The highest BCUT2D eigenvalue weighted by atomic mass is 31.2. The Bertz CT molecular complexity index is 1420. The van der Waals surface area contributed by atoms with Crippen molar-refractivity contribution < 1.29 is 23.3 Å². The van der Waals surface area contributed by atoms with E-state index in [9.17, 15) is 9.59 Å². The largest absolute Gasteiger partial charge is 0.461 e. The van der Waals surface area contributed by atoms with E-state index in [1.165, 1.54) is 0 Å². The molecule has 1 aromatic carbocycles. The summed E-state index contributed by atoms with van der Waals surface area (Å²) in [6.07, 6.45) is 7.04. The number of benzene rings is 1. The van der Waals surface area contributed by atoms with Crippen LogP contribution in [0, 0.1) is 12.8 Å². The quantitative estimate of drug-likeness (QED) is 0.216. The number of esters is 1. The summed E-state index contributed by atoms with van der Waals surface area (Å²) in [5, 5.41) is 3.36. The fourth-order valence-corrected chi connectivity index (χ4v) is 6.80. The molecule has 4 atom stereocenters. The molecule has 12 nitrogen and oxygen atoms in total. The van der Waals surface area contributed by atoms with Crippen molar-refractivity contribution in [2.24, 2.45) is 5.92 Å². The summed E-state index contributed by atoms with van der Waals surface area (Å²) in [6.45, 7) is 8.33. The first-order valence-electron chi connectivity index (χ1n) is 14.8. The summed E-state index contributed by atoms with van der Waals surface area (Å²) >= 11 is 0. The molecule has 2 aromatic heterocycles.